The highest BCUT2D eigenvalue weighted by Crippen LogP contribution is 2.25. The highest BCUT2D eigenvalue weighted by Gasteiger charge is 2.29. The van der Waals surface area contributed by atoms with Crippen molar-refractivity contribution >= 4 is 21.4 Å². The molecule has 2 aromatic heterocycles. The van der Waals surface area contributed by atoms with Crippen LogP contribution in [0.5, 0.6) is 5.75 Å². The van der Waals surface area contributed by atoms with Crippen molar-refractivity contribution in [2.45, 2.75) is 11.8 Å². The topological polar surface area (TPSA) is 92.9 Å². The summed E-state index contributed by atoms with van der Waals surface area (Å²) in [6.45, 7) is 3.85. The first-order valence-corrected chi connectivity index (χ1v) is 10.00. The van der Waals surface area contributed by atoms with Gasteiger partial charge in [0.25, 0.3) is 0 Å². The molecule has 27 heavy (non-hydrogen) atoms. The first-order valence-electron chi connectivity index (χ1n) is 8.56. The number of methoxy groups -OCH3 is 1. The summed E-state index contributed by atoms with van der Waals surface area (Å²) in [6.07, 6.45) is 1.57. The molecule has 1 aliphatic rings. The molecule has 9 nitrogen and oxygen atoms in total. The standard InChI is InChI=1S/C17H20N6O3S/c1-13-11-16(17-19-18-12-23(17)20-13)21-7-9-22(10-8-21)27(24,25)15-5-3-14(26-2)4-6-15/h3-6,11-12H,7-10H2,1-2H3. The Morgan fingerprint density at radius 3 is 2.44 bits per heavy atom. The first-order chi connectivity index (χ1) is 13.0. The van der Waals surface area contributed by atoms with Crippen LogP contribution < -0.4 is 9.64 Å². The van der Waals surface area contributed by atoms with Gasteiger partial charge in [-0.15, -0.1) is 10.2 Å². The predicted molar refractivity (Wildman–Crippen MR) is 99.5 cm³/mol. The van der Waals surface area contributed by atoms with Crippen molar-refractivity contribution in [3.05, 3.63) is 42.4 Å². The number of nitrogens with zero attached hydrogens (tertiary/aromatic N) is 6. The predicted octanol–water partition coefficient (Wildman–Crippen LogP) is 0.952. The summed E-state index contributed by atoms with van der Waals surface area (Å²) in [5.41, 5.74) is 2.44. The number of rotatable bonds is 4. The average Bonchev–Trinajstić information content (AvgIpc) is 3.16. The van der Waals surface area contributed by atoms with Crippen LogP contribution in [-0.4, -0.2) is 65.8 Å². The van der Waals surface area contributed by atoms with Crippen molar-refractivity contribution in [2.24, 2.45) is 0 Å². The molecule has 0 aliphatic carbocycles. The van der Waals surface area contributed by atoms with Crippen LogP contribution in [0.3, 0.4) is 0 Å². The Bertz CT molecular complexity index is 1060. The van der Waals surface area contributed by atoms with Crippen LogP contribution in [0.15, 0.2) is 41.6 Å². The molecule has 0 unspecified atom stereocenters. The molecule has 0 N–H and O–H groups in total. The van der Waals surface area contributed by atoms with E-state index in [1.54, 1.807) is 42.2 Å². The van der Waals surface area contributed by atoms with Crippen LogP contribution in [0.25, 0.3) is 5.65 Å². The van der Waals surface area contributed by atoms with Gasteiger partial charge in [-0.2, -0.15) is 13.9 Å². The van der Waals surface area contributed by atoms with Crippen LogP contribution in [0, 0.1) is 6.92 Å². The number of aryl methyl sites for hydroxylation is 1. The largest absolute Gasteiger partial charge is 0.497 e. The van der Waals surface area contributed by atoms with Crippen molar-refractivity contribution in [1.29, 1.82) is 0 Å². The molecule has 0 spiro atoms. The van der Waals surface area contributed by atoms with Crippen LogP contribution >= 0.6 is 0 Å². The van der Waals surface area contributed by atoms with E-state index in [9.17, 15) is 8.42 Å². The monoisotopic (exact) mass is 388 g/mol. The van der Waals surface area contributed by atoms with Crippen molar-refractivity contribution in [2.75, 3.05) is 38.2 Å². The van der Waals surface area contributed by atoms with E-state index in [2.05, 4.69) is 20.2 Å². The SMILES string of the molecule is COc1ccc(S(=O)(=O)N2CCN(c3cc(C)nn4cnnc34)CC2)cc1. The van der Waals surface area contributed by atoms with E-state index in [-0.39, 0.29) is 4.90 Å². The number of piperazine rings is 1. The molecule has 10 heteroatoms. The fraction of sp³-hybridized carbons (Fsp3) is 0.353. The molecule has 1 fully saturated rings. The molecule has 1 saturated heterocycles. The van der Waals surface area contributed by atoms with Gasteiger partial charge in [0.1, 0.15) is 12.1 Å². The van der Waals surface area contributed by atoms with E-state index >= 15 is 0 Å². The van der Waals surface area contributed by atoms with Gasteiger partial charge in [0.05, 0.1) is 23.4 Å². The summed E-state index contributed by atoms with van der Waals surface area (Å²) in [7, 11) is -1.98. The fourth-order valence-electron chi connectivity index (χ4n) is 3.23. The second kappa shape index (κ2) is 6.78. The third-order valence-electron chi connectivity index (χ3n) is 4.65. The highest BCUT2D eigenvalue weighted by molar-refractivity contribution is 7.89. The smallest absolute Gasteiger partial charge is 0.243 e. The van der Waals surface area contributed by atoms with E-state index in [4.69, 9.17) is 4.74 Å². The Hall–Kier alpha value is -2.72. The maximum atomic E-state index is 12.9. The quantitative estimate of drug-likeness (QED) is 0.657. The van der Waals surface area contributed by atoms with Crippen molar-refractivity contribution in [3.8, 4) is 5.75 Å². The lowest BCUT2D eigenvalue weighted by Crippen LogP contribution is -2.48. The third-order valence-corrected chi connectivity index (χ3v) is 6.56. The Morgan fingerprint density at radius 2 is 1.78 bits per heavy atom. The highest BCUT2D eigenvalue weighted by atomic mass is 32.2. The molecule has 0 bridgehead atoms. The minimum absolute atomic E-state index is 0.274. The Balaban J connectivity index is 1.53. The maximum absolute atomic E-state index is 12.9. The number of aromatic nitrogens is 4. The molecule has 3 aromatic rings. The zero-order valence-electron chi connectivity index (χ0n) is 15.1. The number of hydrogen-bond donors (Lipinski definition) is 0. The van der Waals surface area contributed by atoms with E-state index in [0.717, 1.165) is 11.4 Å². The van der Waals surface area contributed by atoms with Crippen LogP contribution in [-0.2, 0) is 10.0 Å². The van der Waals surface area contributed by atoms with E-state index in [0.29, 0.717) is 37.6 Å². The van der Waals surface area contributed by atoms with Crippen molar-refractivity contribution in [3.63, 3.8) is 0 Å². The summed E-state index contributed by atoms with van der Waals surface area (Å²) in [5.74, 6) is 0.629. The minimum Gasteiger partial charge on any atom is -0.497 e. The lowest BCUT2D eigenvalue weighted by Gasteiger charge is -2.35. The third kappa shape index (κ3) is 3.21. The maximum Gasteiger partial charge on any atom is 0.243 e. The lowest BCUT2D eigenvalue weighted by molar-refractivity contribution is 0.384. The molecule has 4 rings (SSSR count). The van der Waals surface area contributed by atoms with Gasteiger partial charge in [-0.3, -0.25) is 0 Å². The second-order valence-electron chi connectivity index (χ2n) is 6.34. The average molecular weight is 388 g/mol. The Morgan fingerprint density at radius 1 is 1.07 bits per heavy atom. The molecule has 3 heterocycles. The Kier molecular flexibility index (Phi) is 4.44. The van der Waals surface area contributed by atoms with E-state index in [1.807, 2.05) is 13.0 Å². The van der Waals surface area contributed by atoms with Crippen molar-refractivity contribution < 1.29 is 13.2 Å². The summed E-state index contributed by atoms with van der Waals surface area (Å²) >= 11 is 0. The summed E-state index contributed by atoms with van der Waals surface area (Å²) in [5, 5.41) is 12.4. The van der Waals surface area contributed by atoms with Crippen molar-refractivity contribution in [1.82, 2.24) is 24.1 Å². The minimum atomic E-state index is -3.53. The normalized spacial score (nSPS) is 16.0. The number of benzene rings is 1. The van der Waals surface area contributed by atoms with E-state index in [1.165, 1.54) is 4.31 Å². The fourth-order valence-corrected chi connectivity index (χ4v) is 4.65. The molecular weight excluding hydrogens is 368 g/mol. The van der Waals surface area contributed by atoms with Gasteiger partial charge in [-0.1, -0.05) is 0 Å². The van der Waals surface area contributed by atoms with Crippen LogP contribution in [0.2, 0.25) is 0 Å². The van der Waals surface area contributed by atoms with Gasteiger partial charge in [-0.25, -0.2) is 8.42 Å². The number of hydrogen-bond acceptors (Lipinski definition) is 7. The van der Waals surface area contributed by atoms with E-state index < -0.39 is 10.0 Å². The zero-order chi connectivity index (χ0) is 19.0. The summed E-state index contributed by atoms with van der Waals surface area (Å²) in [6, 6.07) is 8.42. The molecule has 1 aliphatic heterocycles. The number of ether oxygens (including phenoxy) is 1. The number of fused-ring (bicyclic) bond motifs is 1. The summed E-state index contributed by atoms with van der Waals surface area (Å²) < 4.78 is 34.0. The zero-order valence-corrected chi connectivity index (χ0v) is 15.9. The Labute approximate surface area is 157 Å². The second-order valence-corrected chi connectivity index (χ2v) is 8.27. The van der Waals surface area contributed by atoms with Crippen LogP contribution in [0.4, 0.5) is 5.69 Å². The molecular formula is C17H20N6O3S. The first kappa shape index (κ1) is 17.7. The van der Waals surface area contributed by atoms with Gasteiger partial charge in [-0.05, 0) is 37.3 Å². The van der Waals surface area contributed by atoms with Gasteiger partial charge >= 0.3 is 0 Å². The molecule has 0 atom stereocenters. The molecule has 142 valence electrons. The van der Waals surface area contributed by atoms with Crippen LogP contribution in [0.1, 0.15) is 5.69 Å². The number of anilines is 1. The van der Waals surface area contributed by atoms with Gasteiger partial charge in [0, 0.05) is 26.2 Å². The molecule has 0 saturated carbocycles. The lowest BCUT2D eigenvalue weighted by atomic mass is 10.3. The molecule has 0 radical (unpaired) electrons. The molecule has 0 amide bonds. The van der Waals surface area contributed by atoms with Gasteiger partial charge in [0.15, 0.2) is 0 Å². The van der Waals surface area contributed by atoms with Gasteiger partial charge in [0.2, 0.25) is 15.7 Å². The molecule has 1 aromatic carbocycles. The van der Waals surface area contributed by atoms with Gasteiger partial charge < -0.3 is 9.64 Å². The summed E-state index contributed by atoms with van der Waals surface area (Å²) in [4.78, 5) is 2.40. The number of sulfonamides is 1.